The van der Waals surface area contributed by atoms with Gasteiger partial charge in [0.15, 0.2) is 0 Å². The minimum atomic E-state index is -0.673. The number of nitrogens with zero attached hydrogens (tertiary/aromatic N) is 4. The summed E-state index contributed by atoms with van der Waals surface area (Å²) in [6.07, 6.45) is 3.51. The highest BCUT2D eigenvalue weighted by molar-refractivity contribution is 5.85. The number of rotatable bonds is 4. The molecule has 1 aromatic carbocycles. The quantitative estimate of drug-likeness (QED) is 0.710. The van der Waals surface area contributed by atoms with Crippen LogP contribution in [-0.2, 0) is 6.54 Å². The van der Waals surface area contributed by atoms with Gasteiger partial charge in [-0.3, -0.25) is 14.3 Å². The number of β-amino-alcohol motifs (C(OH)–C–C–N with tert-alkyl or cyclic N) is 1. The summed E-state index contributed by atoms with van der Waals surface area (Å²) < 4.78 is 1.70. The second-order valence-electron chi connectivity index (χ2n) is 7.77. The average Bonchev–Trinajstić information content (AvgIpc) is 2.71. The zero-order valence-corrected chi connectivity index (χ0v) is 17.3. The summed E-state index contributed by atoms with van der Waals surface area (Å²) in [4.78, 5) is 23.7. The fourth-order valence-electron chi connectivity index (χ4n) is 3.65. The molecule has 1 N–H and O–H groups in total. The predicted molar refractivity (Wildman–Crippen MR) is 116 cm³/mol. The molecule has 1 unspecified atom stereocenters. The van der Waals surface area contributed by atoms with Crippen molar-refractivity contribution in [2.45, 2.75) is 38.5 Å². The van der Waals surface area contributed by atoms with E-state index in [-0.39, 0.29) is 23.5 Å². The van der Waals surface area contributed by atoms with Crippen molar-refractivity contribution in [1.29, 1.82) is 0 Å². The van der Waals surface area contributed by atoms with Crippen LogP contribution >= 0.6 is 12.4 Å². The number of pyridine rings is 1. The summed E-state index contributed by atoms with van der Waals surface area (Å²) in [6, 6.07) is 14.8. The highest BCUT2D eigenvalue weighted by Crippen LogP contribution is 2.33. The molecule has 1 atom stereocenters. The van der Waals surface area contributed by atoms with Crippen LogP contribution in [0.1, 0.15) is 31.9 Å². The third-order valence-corrected chi connectivity index (χ3v) is 5.42. The highest BCUT2D eigenvalue weighted by atomic mass is 35.5. The molecule has 3 aromatic rings. The lowest BCUT2D eigenvalue weighted by molar-refractivity contribution is 0.169. The van der Waals surface area contributed by atoms with Gasteiger partial charge < -0.3 is 10.0 Å². The maximum Gasteiger partial charge on any atom is 0.255 e. The molecule has 0 amide bonds. The Kier molecular flexibility index (Phi) is 6.05. The Labute approximate surface area is 176 Å². The maximum atomic E-state index is 12.8. The van der Waals surface area contributed by atoms with Gasteiger partial charge >= 0.3 is 0 Å². The molecule has 4 rings (SSSR count). The molecule has 3 heterocycles. The molecule has 0 aliphatic carbocycles. The van der Waals surface area contributed by atoms with E-state index in [1.807, 2.05) is 42.5 Å². The SMILES string of the molecule is CC1(C)CCn2c(nc(-c3ccncc3)cc2=O)N1CC(O)c1ccccc1.Cl. The van der Waals surface area contributed by atoms with Crippen LogP contribution in [0.25, 0.3) is 11.3 Å². The van der Waals surface area contributed by atoms with Crippen LogP contribution in [0.2, 0.25) is 0 Å². The Balaban J connectivity index is 0.00000240. The molecule has 6 nitrogen and oxygen atoms in total. The number of fused-ring (bicyclic) bond motifs is 1. The van der Waals surface area contributed by atoms with Gasteiger partial charge in [0.2, 0.25) is 5.95 Å². The van der Waals surface area contributed by atoms with Crippen molar-refractivity contribution in [2.75, 3.05) is 11.4 Å². The van der Waals surface area contributed by atoms with Gasteiger partial charge in [0.25, 0.3) is 5.56 Å². The van der Waals surface area contributed by atoms with Gasteiger partial charge in [-0.15, -0.1) is 12.4 Å². The molecule has 29 heavy (non-hydrogen) atoms. The van der Waals surface area contributed by atoms with Crippen molar-refractivity contribution >= 4 is 18.4 Å². The first-order chi connectivity index (χ1) is 13.5. The zero-order valence-electron chi connectivity index (χ0n) is 16.5. The Bertz CT molecular complexity index is 1020. The van der Waals surface area contributed by atoms with Crippen molar-refractivity contribution in [3.8, 4) is 11.3 Å². The van der Waals surface area contributed by atoms with Crippen LogP contribution in [-0.4, -0.2) is 31.7 Å². The standard InChI is InChI=1S/C22H24N4O2.ClH/c1-22(2)10-13-25-20(28)14-18(16-8-11-23-12-9-16)24-21(25)26(22)15-19(27)17-6-4-3-5-7-17;/h3-9,11-12,14,19,27H,10,13,15H2,1-2H3;1H. The van der Waals surface area contributed by atoms with Gasteiger partial charge in [0.05, 0.1) is 18.3 Å². The molecule has 0 fully saturated rings. The summed E-state index contributed by atoms with van der Waals surface area (Å²) in [5.41, 5.74) is 2.01. The Morgan fingerprint density at radius 3 is 2.52 bits per heavy atom. The largest absolute Gasteiger partial charge is 0.387 e. The third kappa shape index (κ3) is 4.18. The van der Waals surface area contributed by atoms with Crippen molar-refractivity contribution in [3.05, 3.63) is 76.8 Å². The first kappa shape index (κ1) is 21.0. The zero-order chi connectivity index (χ0) is 19.7. The molecule has 0 saturated heterocycles. The van der Waals surface area contributed by atoms with Crippen LogP contribution in [0.15, 0.2) is 65.7 Å². The van der Waals surface area contributed by atoms with E-state index in [4.69, 9.17) is 4.98 Å². The third-order valence-electron chi connectivity index (χ3n) is 5.42. The van der Waals surface area contributed by atoms with E-state index < -0.39 is 6.10 Å². The van der Waals surface area contributed by atoms with E-state index in [1.54, 1.807) is 23.0 Å². The lowest BCUT2D eigenvalue weighted by Crippen LogP contribution is -2.53. The number of aliphatic hydroxyl groups is 1. The molecule has 0 spiro atoms. The summed E-state index contributed by atoms with van der Waals surface area (Å²) in [7, 11) is 0. The van der Waals surface area contributed by atoms with E-state index in [1.165, 1.54) is 0 Å². The van der Waals surface area contributed by atoms with E-state index >= 15 is 0 Å². The smallest absolute Gasteiger partial charge is 0.255 e. The Morgan fingerprint density at radius 1 is 1.14 bits per heavy atom. The van der Waals surface area contributed by atoms with Crippen LogP contribution in [0.3, 0.4) is 0 Å². The predicted octanol–water partition coefficient (Wildman–Crippen LogP) is 3.45. The molecule has 0 bridgehead atoms. The summed E-state index contributed by atoms with van der Waals surface area (Å²) in [6.45, 7) is 5.23. The summed E-state index contributed by atoms with van der Waals surface area (Å²) in [5.74, 6) is 0.602. The minimum absolute atomic E-state index is 0. The molecule has 0 radical (unpaired) electrons. The van der Waals surface area contributed by atoms with Crippen molar-refractivity contribution < 1.29 is 5.11 Å². The lowest BCUT2D eigenvalue weighted by Gasteiger charge is -2.45. The van der Waals surface area contributed by atoms with Crippen molar-refractivity contribution in [1.82, 2.24) is 14.5 Å². The molecular weight excluding hydrogens is 388 g/mol. The topological polar surface area (TPSA) is 71.2 Å². The minimum Gasteiger partial charge on any atom is -0.387 e. The van der Waals surface area contributed by atoms with E-state index in [0.29, 0.717) is 24.7 Å². The van der Waals surface area contributed by atoms with E-state index in [9.17, 15) is 9.90 Å². The first-order valence-electron chi connectivity index (χ1n) is 9.49. The van der Waals surface area contributed by atoms with E-state index in [0.717, 1.165) is 17.5 Å². The normalized spacial score (nSPS) is 15.9. The number of anilines is 1. The fourth-order valence-corrected chi connectivity index (χ4v) is 3.65. The monoisotopic (exact) mass is 412 g/mol. The molecule has 1 aliphatic rings. The summed E-state index contributed by atoms with van der Waals surface area (Å²) in [5, 5.41) is 10.8. The fraction of sp³-hybridized carbons (Fsp3) is 0.318. The summed E-state index contributed by atoms with van der Waals surface area (Å²) >= 11 is 0. The van der Waals surface area contributed by atoms with Gasteiger partial charge in [0.1, 0.15) is 0 Å². The van der Waals surface area contributed by atoms with Crippen LogP contribution in [0.5, 0.6) is 0 Å². The number of benzene rings is 1. The first-order valence-corrected chi connectivity index (χ1v) is 9.49. The van der Waals surface area contributed by atoms with Gasteiger partial charge in [-0.05, 0) is 38.0 Å². The molecule has 7 heteroatoms. The van der Waals surface area contributed by atoms with Gasteiger partial charge in [0, 0.05) is 36.1 Å². The van der Waals surface area contributed by atoms with Crippen molar-refractivity contribution in [2.24, 2.45) is 0 Å². The van der Waals surface area contributed by atoms with Crippen LogP contribution in [0, 0.1) is 0 Å². The number of hydrogen-bond acceptors (Lipinski definition) is 5. The van der Waals surface area contributed by atoms with Gasteiger partial charge in [-0.2, -0.15) is 0 Å². The molecular formula is C22H25ClN4O2. The van der Waals surface area contributed by atoms with Crippen LogP contribution < -0.4 is 10.5 Å². The average molecular weight is 413 g/mol. The number of aromatic nitrogens is 3. The Hall–Kier alpha value is -2.70. The molecule has 0 saturated carbocycles. The number of aliphatic hydroxyl groups excluding tert-OH is 1. The van der Waals surface area contributed by atoms with Gasteiger partial charge in [-0.25, -0.2) is 4.98 Å². The lowest BCUT2D eigenvalue weighted by atomic mass is 9.95. The second kappa shape index (κ2) is 8.35. The molecule has 152 valence electrons. The Morgan fingerprint density at radius 2 is 1.83 bits per heavy atom. The number of halogens is 1. The maximum absolute atomic E-state index is 12.8. The van der Waals surface area contributed by atoms with Crippen LogP contribution in [0.4, 0.5) is 5.95 Å². The highest BCUT2D eigenvalue weighted by Gasteiger charge is 2.36. The van der Waals surface area contributed by atoms with Crippen molar-refractivity contribution in [3.63, 3.8) is 0 Å². The second-order valence-corrected chi connectivity index (χ2v) is 7.77. The molecule has 2 aromatic heterocycles. The van der Waals surface area contributed by atoms with E-state index in [2.05, 4.69) is 23.7 Å². The van der Waals surface area contributed by atoms with Gasteiger partial charge in [-0.1, -0.05) is 30.3 Å². The number of hydrogen-bond donors (Lipinski definition) is 1. The molecule has 1 aliphatic heterocycles.